The number of nitrogens with one attached hydrogen (secondary N) is 3. The second-order valence-corrected chi connectivity index (χ2v) is 6.71. The van der Waals surface area contributed by atoms with Gasteiger partial charge >= 0.3 is 6.03 Å². The minimum atomic E-state index is -0.193. The Hall–Kier alpha value is -2.24. The van der Waals surface area contributed by atoms with Gasteiger partial charge in [0.15, 0.2) is 0 Å². The van der Waals surface area contributed by atoms with Crippen LogP contribution in [0.25, 0.3) is 0 Å². The number of urea groups is 1. The molecule has 122 valence electrons. The van der Waals surface area contributed by atoms with Crippen LogP contribution in [0.5, 0.6) is 0 Å². The topological polar surface area (TPSA) is 73.5 Å². The molecular weight excluding hydrogens is 292 g/mol. The van der Waals surface area contributed by atoms with E-state index in [2.05, 4.69) is 20.9 Å². The summed E-state index contributed by atoms with van der Waals surface area (Å²) in [6.07, 6.45) is 5.19. The van der Waals surface area contributed by atoms with E-state index >= 15 is 0 Å². The first-order chi connectivity index (χ1) is 11.2. The van der Waals surface area contributed by atoms with Crippen LogP contribution in [0.15, 0.2) is 24.3 Å². The normalized spacial score (nSPS) is 26.4. The van der Waals surface area contributed by atoms with Gasteiger partial charge in [0.1, 0.15) is 6.04 Å². The highest BCUT2D eigenvalue weighted by Gasteiger charge is 2.41. The van der Waals surface area contributed by atoms with Crippen LogP contribution < -0.4 is 20.9 Å². The number of fused-ring (bicyclic) bond motifs is 3. The molecule has 2 atom stereocenters. The van der Waals surface area contributed by atoms with Gasteiger partial charge in [-0.2, -0.15) is 0 Å². The third kappa shape index (κ3) is 2.73. The van der Waals surface area contributed by atoms with Crippen molar-refractivity contribution in [3.63, 3.8) is 0 Å². The fourth-order valence-corrected chi connectivity index (χ4v) is 3.98. The maximum Gasteiger partial charge on any atom is 0.315 e. The fourth-order valence-electron chi connectivity index (χ4n) is 3.98. The SMILES string of the molecule is O=C(NC1CCCC1)NC1CC2C(=O)Nc3ccccc3N2C1. The Morgan fingerprint density at radius 1 is 1.13 bits per heavy atom. The van der Waals surface area contributed by atoms with Crippen LogP contribution in [0.3, 0.4) is 0 Å². The van der Waals surface area contributed by atoms with Crippen molar-refractivity contribution in [2.45, 2.75) is 50.2 Å². The monoisotopic (exact) mass is 314 g/mol. The molecule has 0 bridgehead atoms. The maximum atomic E-state index is 12.3. The van der Waals surface area contributed by atoms with E-state index in [1.807, 2.05) is 24.3 Å². The standard InChI is InChI=1S/C17H22N4O2/c22-16-15-9-12(19-17(23)18-11-5-1-2-6-11)10-21(15)14-8-4-3-7-13(14)20-16/h3-4,7-8,11-12,15H,1-2,5-6,9-10H2,(H,20,22)(H2,18,19,23). The zero-order valence-corrected chi connectivity index (χ0v) is 13.0. The molecule has 6 nitrogen and oxygen atoms in total. The number of amides is 3. The van der Waals surface area contributed by atoms with Crippen LogP contribution in [0.1, 0.15) is 32.1 Å². The lowest BCUT2D eigenvalue weighted by Gasteiger charge is -2.32. The number of hydrogen-bond donors (Lipinski definition) is 3. The second kappa shape index (κ2) is 5.76. The van der Waals surface area contributed by atoms with E-state index in [-0.39, 0.29) is 24.0 Å². The molecule has 6 heteroatoms. The molecule has 2 fully saturated rings. The third-order valence-electron chi connectivity index (χ3n) is 5.10. The number of carbonyl (C=O) groups is 2. The van der Waals surface area contributed by atoms with Crippen LogP contribution in [0.2, 0.25) is 0 Å². The summed E-state index contributed by atoms with van der Waals surface area (Å²) in [6.45, 7) is 0.674. The molecular formula is C17H22N4O2. The molecule has 3 N–H and O–H groups in total. The van der Waals surface area contributed by atoms with E-state index < -0.39 is 0 Å². The molecule has 1 aromatic carbocycles. The van der Waals surface area contributed by atoms with E-state index in [1.54, 1.807) is 0 Å². The van der Waals surface area contributed by atoms with Gasteiger partial charge in [-0.25, -0.2) is 4.79 Å². The molecule has 2 heterocycles. The van der Waals surface area contributed by atoms with Crippen LogP contribution in [0, 0.1) is 0 Å². The predicted octanol–water partition coefficient (Wildman–Crippen LogP) is 1.83. The van der Waals surface area contributed by atoms with Gasteiger partial charge in [0.05, 0.1) is 17.4 Å². The Morgan fingerprint density at radius 2 is 1.87 bits per heavy atom. The molecule has 0 aromatic heterocycles. The first kappa shape index (κ1) is 14.4. The summed E-state index contributed by atoms with van der Waals surface area (Å²) in [5.74, 6) is 0.0178. The van der Waals surface area contributed by atoms with Crippen LogP contribution in [-0.4, -0.2) is 36.6 Å². The van der Waals surface area contributed by atoms with E-state index in [9.17, 15) is 9.59 Å². The van der Waals surface area contributed by atoms with Crippen molar-refractivity contribution < 1.29 is 9.59 Å². The summed E-state index contributed by atoms with van der Waals surface area (Å²) in [4.78, 5) is 26.5. The Morgan fingerprint density at radius 3 is 2.70 bits per heavy atom. The summed E-state index contributed by atoms with van der Waals surface area (Å²) < 4.78 is 0. The van der Waals surface area contributed by atoms with Gasteiger partial charge in [-0.1, -0.05) is 25.0 Å². The smallest absolute Gasteiger partial charge is 0.315 e. The average molecular weight is 314 g/mol. The quantitative estimate of drug-likeness (QED) is 0.780. The summed E-state index contributed by atoms with van der Waals surface area (Å²) in [5.41, 5.74) is 1.89. The zero-order chi connectivity index (χ0) is 15.8. The van der Waals surface area contributed by atoms with E-state index in [0.29, 0.717) is 19.0 Å². The van der Waals surface area contributed by atoms with Crippen LogP contribution in [0.4, 0.5) is 16.2 Å². The van der Waals surface area contributed by atoms with Crippen molar-refractivity contribution in [2.75, 3.05) is 16.8 Å². The molecule has 4 rings (SSSR count). The lowest BCUT2D eigenvalue weighted by atomic mass is 10.1. The van der Waals surface area contributed by atoms with Crippen molar-refractivity contribution in [1.29, 1.82) is 0 Å². The number of hydrogen-bond acceptors (Lipinski definition) is 3. The first-order valence-electron chi connectivity index (χ1n) is 8.44. The summed E-state index contributed by atoms with van der Waals surface area (Å²) in [5, 5.41) is 9.05. The fraction of sp³-hybridized carbons (Fsp3) is 0.529. The molecule has 1 saturated carbocycles. The van der Waals surface area contributed by atoms with Gasteiger partial charge in [-0.05, 0) is 31.4 Å². The van der Waals surface area contributed by atoms with Gasteiger partial charge in [0.2, 0.25) is 5.91 Å². The number of nitrogens with zero attached hydrogens (tertiary/aromatic N) is 1. The van der Waals surface area contributed by atoms with Gasteiger partial charge in [0.25, 0.3) is 0 Å². The number of para-hydroxylation sites is 2. The largest absolute Gasteiger partial charge is 0.356 e. The van der Waals surface area contributed by atoms with Gasteiger partial charge in [0, 0.05) is 12.6 Å². The Kier molecular flexibility index (Phi) is 3.59. The van der Waals surface area contributed by atoms with Crippen molar-refractivity contribution in [3.8, 4) is 0 Å². The molecule has 1 aromatic rings. The minimum Gasteiger partial charge on any atom is -0.356 e. The van der Waals surface area contributed by atoms with Crippen molar-refractivity contribution in [1.82, 2.24) is 10.6 Å². The highest BCUT2D eigenvalue weighted by molar-refractivity contribution is 6.04. The lowest BCUT2D eigenvalue weighted by molar-refractivity contribution is -0.117. The molecule has 1 saturated heterocycles. The van der Waals surface area contributed by atoms with E-state index in [1.165, 1.54) is 12.8 Å². The molecule has 3 amide bonds. The van der Waals surface area contributed by atoms with Gasteiger partial charge < -0.3 is 20.9 Å². The molecule has 2 aliphatic heterocycles. The van der Waals surface area contributed by atoms with Crippen molar-refractivity contribution in [3.05, 3.63) is 24.3 Å². The van der Waals surface area contributed by atoms with Gasteiger partial charge in [-0.15, -0.1) is 0 Å². The highest BCUT2D eigenvalue weighted by Crippen LogP contribution is 2.36. The molecule has 0 spiro atoms. The number of rotatable bonds is 2. The van der Waals surface area contributed by atoms with Crippen molar-refractivity contribution >= 4 is 23.3 Å². The Balaban J connectivity index is 1.42. The number of carbonyl (C=O) groups excluding carboxylic acids is 2. The second-order valence-electron chi connectivity index (χ2n) is 6.71. The van der Waals surface area contributed by atoms with Crippen LogP contribution >= 0.6 is 0 Å². The number of benzene rings is 1. The zero-order valence-electron chi connectivity index (χ0n) is 13.0. The number of anilines is 2. The third-order valence-corrected chi connectivity index (χ3v) is 5.10. The van der Waals surface area contributed by atoms with E-state index in [4.69, 9.17) is 0 Å². The predicted molar refractivity (Wildman–Crippen MR) is 88.5 cm³/mol. The maximum absolute atomic E-state index is 12.3. The average Bonchev–Trinajstić information content (AvgIpc) is 3.17. The Labute approximate surface area is 135 Å². The molecule has 0 radical (unpaired) electrons. The summed E-state index contributed by atoms with van der Waals surface area (Å²) >= 11 is 0. The summed E-state index contributed by atoms with van der Waals surface area (Å²) in [6, 6.07) is 7.83. The van der Waals surface area contributed by atoms with E-state index in [0.717, 1.165) is 24.2 Å². The molecule has 3 aliphatic rings. The molecule has 23 heavy (non-hydrogen) atoms. The Bertz CT molecular complexity index is 627. The van der Waals surface area contributed by atoms with Crippen LogP contribution in [-0.2, 0) is 4.79 Å². The summed E-state index contributed by atoms with van der Waals surface area (Å²) in [7, 11) is 0. The highest BCUT2D eigenvalue weighted by atomic mass is 16.2. The first-order valence-corrected chi connectivity index (χ1v) is 8.44. The lowest BCUT2D eigenvalue weighted by Crippen LogP contribution is -2.46. The molecule has 1 aliphatic carbocycles. The van der Waals surface area contributed by atoms with Gasteiger partial charge in [-0.3, -0.25) is 4.79 Å². The van der Waals surface area contributed by atoms with Crippen molar-refractivity contribution in [2.24, 2.45) is 0 Å². The molecule has 2 unspecified atom stereocenters. The minimum absolute atomic E-state index is 0.00157.